The zero-order valence-corrected chi connectivity index (χ0v) is 10.3. The molecule has 1 aliphatic heterocycles. The van der Waals surface area contributed by atoms with Gasteiger partial charge >= 0.3 is 5.97 Å². The van der Waals surface area contributed by atoms with Gasteiger partial charge in [0.2, 0.25) is 0 Å². The molecule has 0 radical (unpaired) electrons. The SMILES string of the molecule is C=C(C)C(=O)OCCN1CCC2C=CC=CC21. The summed E-state index contributed by atoms with van der Waals surface area (Å²) >= 11 is 0. The van der Waals surface area contributed by atoms with Crippen molar-refractivity contribution in [1.82, 2.24) is 4.90 Å². The van der Waals surface area contributed by atoms with E-state index in [0.29, 0.717) is 24.1 Å². The summed E-state index contributed by atoms with van der Waals surface area (Å²) in [4.78, 5) is 13.6. The molecule has 1 fully saturated rings. The van der Waals surface area contributed by atoms with Crippen molar-refractivity contribution < 1.29 is 9.53 Å². The Balaban J connectivity index is 1.77. The van der Waals surface area contributed by atoms with Crippen LogP contribution >= 0.6 is 0 Å². The van der Waals surface area contributed by atoms with E-state index in [1.54, 1.807) is 6.92 Å². The number of carbonyl (C=O) groups excluding carboxylic acids is 1. The lowest BCUT2D eigenvalue weighted by atomic mass is 9.96. The quantitative estimate of drug-likeness (QED) is 0.549. The Hall–Kier alpha value is -1.35. The topological polar surface area (TPSA) is 29.5 Å². The number of nitrogens with zero attached hydrogens (tertiary/aromatic N) is 1. The zero-order valence-electron chi connectivity index (χ0n) is 10.3. The molecule has 17 heavy (non-hydrogen) atoms. The van der Waals surface area contributed by atoms with Crippen molar-refractivity contribution in [3.8, 4) is 0 Å². The fraction of sp³-hybridized carbons (Fsp3) is 0.500. The second kappa shape index (κ2) is 5.32. The highest BCUT2D eigenvalue weighted by molar-refractivity contribution is 5.86. The number of rotatable bonds is 4. The van der Waals surface area contributed by atoms with Crippen LogP contribution in [-0.4, -0.2) is 36.6 Å². The Bertz CT molecular complexity index is 370. The van der Waals surface area contributed by atoms with Gasteiger partial charge in [-0.15, -0.1) is 0 Å². The predicted molar refractivity (Wildman–Crippen MR) is 67.5 cm³/mol. The van der Waals surface area contributed by atoms with Crippen LogP contribution in [0.1, 0.15) is 13.3 Å². The minimum absolute atomic E-state index is 0.292. The Labute approximate surface area is 102 Å². The minimum atomic E-state index is -0.292. The first-order chi connectivity index (χ1) is 8.18. The smallest absolute Gasteiger partial charge is 0.333 e. The van der Waals surface area contributed by atoms with Crippen LogP contribution in [0.2, 0.25) is 0 Å². The Morgan fingerprint density at radius 3 is 3.00 bits per heavy atom. The van der Waals surface area contributed by atoms with Crippen molar-refractivity contribution in [2.24, 2.45) is 5.92 Å². The van der Waals surface area contributed by atoms with Crippen LogP contribution in [0.4, 0.5) is 0 Å². The van der Waals surface area contributed by atoms with Gasteiger partial charge in [0.15, 0.2) is 0 Å². The third-order valence-corrected chi connectivity index (χ3v) is 3.35. The normalized spacial score (nSPS) is 26.9. The minimum Gasteiger partial charge on any atom is -0.461 e. The van der Waals surface area contributed by atoms with Gasteiger partial charge in [0, 0.05) is 18.2 Å². The van der Waals surface area contributed by atoms with Crippen molar-refractivity contribution in [1.29, 1.82) is 0 Å². The van der Waals surface area contributed by atoms with Gasteiger partial charge in [-0.25, -0.2) is 4.79 Å². The first-order valence-electron chi connectivity index (χ1n) is 6.10. The van der Waals surface area contributed by atoms with Crippen molar-refractivity contribution >= 4 is 5.97 Å². The van der Waals surface area contributed by atoms with Crippen molar-refractivity contribution in [3.63, 3.8) is 0 Å². The lowest BCUT2D eigenvalue weighted by molar-refractivity contribution is -0.139. The molecule has 2 aliphatic rings. The molecule has 0 aromatic rings. The van der Waals surface area contributed by atoms with Crippen molar-refractivity contribution in [2.45, 2.75) is 19.4 Å². The highest BCUT2D eigenvalue weighted by Gasteiger charge is 2.31. The maximum Gasteiger partial charge on any atom is 0.333 e. The number of esters is 1. The Morgan fingerprint density at radius 2 is 2.24 bits per heavy atom. The number of likely N-dealkylation sites (tertiary alicyclic amines) is 1. The van der Waals surface area contributed by atoms with E-state index in [1.807, 2.05) is 0 Å². The summed E-state index contributed by atoms with van der Waals surface area (Å²) in [6.45, 7) is 7.56. The van der Waals surface area contributed by atoms with Crippen LogP contribution in [-0.2, 0) is 9.53 Å². The van der Waals surface area contributed by atoms with Gasteiger partial charge in [-0.2, -0.15) is 0 Å². The summed E-state index contributed by atoms with van der Waals surface area (Å²) in [5.74, 6) is 0.344. The Morgan fingerprint density at radius 1 is 1.47 bits per heavy atom. The molecule has 2 atom stereocenters. The molecule has 0 aromatic carbocycles. The third-order valence-electron chi connectivity index (χ3n) is 3.35. The van der Waals surface area contributed by atoms with E-state index in [0.717, 1.165) is 13.1 Å². The average Bonchev–Trinajstić information content (AvgIpc) is 2.72. The monoisotopic (exact) mass is 233 g/mol. The number of allylic oxidation sites excluding steroid dienone is 2. The van der Waals surface area contributed by atoms with E-state index in [2.05, 4.69) is 35.8 Å². The highest BCUT2D eigenvalue weighted by Crippen LogP contribution is 2.28. The van der Waals surface area contributed by atoms with Crippen molar-refractivity contribution in [2.75, 3.05) is 19.7 Å². The summed E-state index contributed by atoms with van der Waals surface area (Å²) < 4.78 is 5.12. The summed E-state index contributed by atoms with van der Waals surface area (Å²) in [6.07, 6.45) is 9.91. The molecule has 1 aliphatic carbocycles. The molecule has 0 bridgehead atoms. The van der Waals surface area contributed by atoms with Gasteiger partial charge in [-0.05, 0) is 25.8 Å². The van der Waals surface area contributed by atoms with Crippen LogP contribution in [0.15, 0.2) is 36.5 Å². The first-order valence-corrected chi connectivity index (χ1v) is 6.10. The first kappa shape index (κ1) is 12.1. The molecule has 0 saturated carbocycles. The van der Waals surface area contributed by atoms with E-state index < -0.39 is 0 Å². The number of hydrogen-bond acceptors (Lipinski definition) is 3. The van der Waals surface area contributed by atoms with Gasteiger partial charge < -0.3 is 4.74 Å². The largest absolute Gasteiger partial charge is 0.461 e. The van der Waals surface area contributed by atoms with Crippen LogP contribution in [0, 0.1) is 5.92 Å². The lowest BCUT2D eigenvalue weighted by Crippen LogP contribution is -2.34. The van der Waals surface area contributed by atoms with Crippen LogP contribution in [0.3, 0.4) is 0 Å². The fourth-order valence-corrected chi connectivity index (χ4v) is 2.40. The zero-order chi connectivity index (χ0) is 12.3. The molecule has 3 nitrogen and oxygen atoms in total. The maximum absolute atomic E-state index is 11.2. The molecule has 3 heteroatoms. The predicted octanol–water partition coefficient (Wildman–Crippen LogP) is 1.92. The van der Waals surface area contributed by atoms with E-state index >= 15 is 0 Å². The van der Waals surface area contributed by atoms with E-state index in [9.17, 15) is 4.79 Å². The molecule has 1 heterocycles. The molecule has 1 saturated heterocycles. The van der Waals surface area contributed by atoms with Crippen LogP contribution < -0.4 is 0 Å². The van der Waals surface area contributed by atoms with Crippen molar-refractivity contribution in [3.05, 3.63) is 36.5 Å². The summed E-state index contributed by atoms with van der Waals surface area (Å²) in [5.41, 5.74) is 0.463. The van der Waals surface area contributed by atoms with E-state index in [4.69, 9.17) is 4.74 Å². The summed E-state index contributed by atoms with van der Waals surface area (Å²) in [6, 6.07) is 0.489. The standard InChI is InChI=1S/C14H19NO2/c1-11(2)14(16)17-10-9-15-8-7-12-5-3-4-6-13(12)15/h3-6,12-13H,1,7-10H2,2H3. The maximum atomic E-state index is 11.2. The third kappa shape index (κ3) is 2.86. The summed E-state index contributed by atoms with van der Waals surface area (Å²) in [7, 11) is 0. The molecule has 2 unspecified atom stereocenters. The molecular formula is C14H19NO2. The number of fused-ring (bicyclic) bond motifs is 1. The van der Waals surface area contributed by atoms with Gasteiger partial charge in [0.25, 0.3) is 0 Å². The number of carbonyl (C=O) groups is 1. The number of hydrogen-bond donors (Lipinski definition) is 0. The van der Waals surface area contributed by atoms with E-state index in [-0.39, 0.29) is 5.97 Å². The fourth-order valence-electron chi connectivity index (χ4n) is 2.40. The van der Waals surface area contributed by atoms with Crippen LogP contribution in [0.5, 0.6) is 0 Å². The summed E-state index contributed by atoms with van der Waals surface area (Å²) in [5, 5.41) is 0. The highest BCUT2D eigenvalue weighted by atomic mass is 16.5. The number of ether oxygens (including phenoxy) is 1. The second-order valence-corrected chi connectivity index (χ2v) is 4.67. The molecular weight excluding hydrogens is 214 g/mol. The van der Waals surface area contributed by atoms with Crippen LogP contribution in [0.25, 0.3) is 0 Å². The second-order valence-electron chi connectivity index (χ2n) is 4.67. The lowest BCUT2D eigenvalue weighted by Gasteiger charge is -2.25. The van der Waals surface area contributed by atoms with Gasteiger partial charge in [-0.3, -0.25) is 4.90 Å². The molecule has 0 N–H and O–H groups in total. The van der Waals surface area contributed by atoms with E-state index in [1.165, 1.54) is 6.42 Å². The van der Waals surface area contributed by atoms with Gasteiger partial charge in [0.1, 0.15) is 6.61 Å². The van der Waals surface area contributed by atoms with Gasteiger partial charge in [0.05, 0.1) is 0 Å². The molecule has 2 rings (SSSR count). The molecule has 0 spiro atoms. The van der Waals surface area contributed by atoms with Gasteiger partial charge in [-0.1, -0.05) is 30.9 Å². The average molecular weight is 233 g/mol. The molecule has 0 aromatic heterocycles. The molecule has 0 amide bonds. The Kier molecular flexibility index (Phi) is 3.79. The molecule has 92 valence electrons.